The molecule has 0 spiro atoms. The molecule has 0 radical (unpaired) electrons. The van der Waals surface area contributed by atoms with E-state index in [-0.39, 0.29) is 5.88 Å². The summed E-state index contributed by atoms with van der Waals surface area (Å²) in [6.07, 6.45) is 1.57. The second-order valence-electron chi connectivity index (χ2n) is 4.27. The van der Waals surface area contributed by atoms with Crippen molar-refractivity contribution in [2.24, 2.45) is 0 Å². The lowest BCUT2D eigenvalue weighted by atomic mass is 10.2. The fourth-order valence-corrected chi connectivity index (χ4v) is 2.98. The lowest BCUT2D eigenvalue weighted by Gasteiger charge is -2.09. The van der Waals surface area contributed by atoms with Crippen molar-refractivity contribution in [2.45, 2.75) is 5.88 Å². The molecule has 3 rings (SSSR count). The predicted molar refractivity (Wildman–Crippen MR) is 85.8 cm³/mol. The normalized spacial score (nSPS) is 10.8. The lowest BCUT2D eigenvalue weighted by Crippen LogP contribution is -2.01. The SMILES string of the molecule is N#Cc1ccc(-n2c(CCl)nc3cc(Cl)cnc32)c(Br)c1. The Kier molecular flexibility index (Phi) is 3.85. The van der Waals surface area contributed by atoms with E-state index in [9.17, 15) is 0 Å². The summed E-state index contributed by atoms with van der Waals surface area (Å²) < 4.78 is 2.62. The fraction of sp³-hybridized carbons (Fsp3) is 0.0714. The van der Waals surface area contributed by atoms with Gasteiger partial charge in [-0.1, -0.05) is 11.6 Å². The molecule has 0 unspecified atom stereocenters. The van der Waals surface area contributed by atoms with Gasteiger partial charge in [-0.15, -0.1) is 11.6 Å². The van der Waals surface area contributed by atoms with Crippen LogP contribution in [-0.2, 0) is 5.88 Å². The van der Waals surface area contributed by atoms with Crippen molar-refractivity contribution in [1.82, 2.24) is 14.5 Å². The van der Waals surface area contributed by atoms with Crippen LogP contribution < -0.4 is 0 Å². The Morgan fingerprint density at radius 1 is 1.33 bits per heavy atom. The van der Waals surface area contributed by atoms with Gasteiger partial charge in [0, 0.05) is 10.7 Å². The third-order valence-corrected chi connectivity index (χ3v) is 4.05. The Labute approximate surface area is 139 Å². The summed E-state index contributed by atoms with van der Waals surface area (Å²) >= 11 is 15.4. The van der Waals surface area contributed by atoms with Gasteiger partial charge in [-0.2, -0.15) is 5.26 Å². The summed E-state index contributed by atoms with van der Waals surface area (Å²) in [6, 6.07) is 9.15. The molecule has 2 heterocycles. The van der Waals surface area contributed by atoms with Crippen LogP contribution in [0.15, 0.2) is 34.9 Å². The average molecular weight is 382 g/mol. The van der Waals surface area contributed by atoms with Gasteiger partial charge >= 0.3 is 0 Å². The third-order valence-electron chi connectivity index (χ3n) is 2.97. The van der Waals surface area contributed by atoms with E-state index in [1.807, 2.05) is 10.6 Å². The van der Waals surface area contributed by atoms with Crippen LogP contribution in [0.4, 0.5) is 0 Å². The van der Waals surface area contributed by atoms with Crippen LogP contribution in [0.3, 0.4) is 0 Å². The highest BCUT2D eigenvalue weighted by atomic mass is 79.9. The molecular formula is C14H7BrCl2N4. The Morgan fingerprint density at radius 3 is 2.81 bits per heavy atom. The lowest BCUT2D eigenvalue weighted by molar-refractivity contribution is 0.965. The minimum absolute atomic E-state index is 0.237. The van der Waals surface area contributed by atoms with Crippen LogP contribution in [0.5, 0.6) is 0 Å². The number of aromatic nitrogens is 3. The maximum Gasteiger partial charge on any atom is 0.164 e. The first-order valence-electron chi connectivity index (χ1n) is 5.93. The van der Waals surface area contributed by atoms with Crippen LogP contribution in [0, 0.1) is 11.3 Å². The number of rotatable bonds is 2. The van der Waals surface area contributed by atoms with E-state index in [4.69, 9.17) is 28.5 Å². The Balaban J connectivity index is 2.31. The molecule has 1 aromatic carbocycles. The molecule has 0 N–H and O–H groups in total. The van der Waals surface area contributed by atoms with Gasteiger partial charge in [0.15, 0.2) is 5.65 Å². The van der Waals surface area contributed by atoms with E-state index in [2.05, 4.69) is 32.0 Å². The predicted octanol–water partition coefficient (Wildman–Crippen LogP) is 4.45. The van der Waals surface area contributed by atoms with Crippen LogP contribution in [-0.4, -0.2) is 14.5 Å². The molecule has 104 valence electrons. The number of alkyl halides is 1. The molecule has 0 aliphatic rings. The molecule has 4 nitrogen and oxygen atoms in total. The van der Waals surface area contributed by atoms with Crippen LogP contribution in [0.25, 0.3) is 16.9 Å². The minimum Gasteiger partial charge on any atom is -0.279 e. The molecule has 7 heteroatoms. The van der Waals surface area contributed by atoms with E-state index in [1.165, 1.54) is 0 Å². The molecule has 0 saturated carbocycles. The number of hydrogen-bond donors (Lipinski definition) is 0. The maximum atomic E-state index is 8.95. The van der Waals surface area contributed by atoms with Crippen molar-refractivity contribution in [1.29, 1.82) is 5.26 Å². The van der Waals surface area contributed by atoms with E-state index in [0.717, 1.165) is 10.2 Å². The van der Waals surface area contributed by atoms with Gasteiger partial charge in [-0.25, -0.2) is 9.97 Å². The number of halogens is 3. The summed E-state index contributed by atoms with van der Waals surface area (Å²) in [7, 11) is 0. The molecular weight excluding hydrogens is 375 g/mol. The Bertz CT molecular complexity index is 883. The second kappa shape index (κ2) is 5.64. The number of nitriles is 1. The second-order valence-corrected chi connectivity index (χ2v) is 5.83. The topological polar surface area (TPSA) is 54.5 Å². The van der Waals surface area contributed by atoms with Crippen LogP contribution in [0.2, 0.25) is 5.02 Å². The third kappa shape index (κ3) is 2.51. The zero-order valence-electron chi connectivity index (χ0n) is 10.5. The largest absolute Gasteiger partial charge is 0.279 e. The molecule has 0 atom stereocenters. The first-order chi connectivity index (χ1) is 10.1. The number of nitrogens with zero attached hydrogens (tertiary/aromatic N) is 4. The van der Waals surface area contributed by atoms with Gasteiger partial charge in [-0.05, 0) is 40.2 Å². The minimum atomic E-state index is 0.237. The summed E-state index contributed by atoms with van der Waals surface area (Å²) in [5, 5.41) is 9.47. The molecule has 0 aliphatic heterocycles. The van der Waals surface area contributed by atoms with E-state index in [1.54, 1.807) is 24.4 Å². The van der Waals surface area contributed by atoms with E-state index in [0.29, 0.717) is 27.6 Å². The van der Waals surface area contributed by atoms with Gasteiger partial charge in [-0.3, -0.25) is 4.57 Å². The van der Waals surface area contributed by atoms with E-state index < -0.39 is 0 Å². The van der Waals surface area contributed by atoms with Crippen molar-refractivity contribution in [3.05, 3.63) is 51.3 Å². The molecule has 0 amide bonds. The zero-order valence-corrected chi connectivity index (χ0v) is 13.6. The fourth-order valence-electron chi connectivity index (χ4n) is 2.09. The Morgan fingerprint density at radius 2 is 2.14 bits per heavy atom. The average Bonchev–Trinajstić information content (AvgIpc) is 2.84. The van der Waals surface area contributed by atoms with Gasteiger partial charge in [0.2, 0.25) is 0 Å². The van der Waals surface area contributed by atoms with Gasteiger partial charge in [0.05, 0.1) is 28.2 Å². The smallest absolute Gasteiger partial charge is 0.164 e. The van der Waals surface area contributed by atoms with Crippen molar-refractivity contribution >= 4 is 50.3 Å². The van der Waals surface area contributed by atoms with Crippen molar-refractivity contribution < 1.29 is 0 Å². The molecule has 0 aliphatic carbocycles. The molecule has 0 fully saturated rings. The first kappa shape index (κ1) is 14.3. The number of pyridine rings is 1. The highest BCUT2D eigenvalue weighted by Gasteiger charge is 2.15. The molecule has 0 saturated heterocycles. The van der Waals surface area contributed by atoms with Gasteiger partial charge < -0.3 is 0 Å². The summed E-state index contributed by atoms with van der Waals surface area (Å²) in [4.78, 5) is 8.78. The first-order valence-corrected chi connectivity index (χ1v) is 7.63. The van der Waals surface area contributed by atoms with Crippen molar-refractivity contribution in [3.8, 4) is 11.8 Å². The van der Waals surface area contributed by atoms with Crippen molar-refractivity contribution in [3.63, 3.8) is 0 Å². The van der Waals surface area contributed by atoms with Crippen molar-refractivity contribution in [2.75, 3.05) is 0 Å². The summed E-state index contributed by atoms with van der Waals surface area (Å²) in [5.41, 5.74) is 2.73. The standard InChI is InChI=1S/C14H7BrCl2N4/c15-10-3-8(6-18)1-2-12(10)21-13(5-16)20-11-4-9(17)7-19-14(11)21/h1-4,7H,5H2. The van der Waals surface area contributed by atoms with Crippen LogP contribution >= 0.6 is 39.1 Å². The number of hydrogen-bond acceptors (Lipinski definition) is 3. The van der Waals surface area contributed by atoms with Gasteiger partial charge in [0.1, 0.15) is 11.3 Å². The number of imidazole rings is 1. The monoisotopic (exact) mass is 380 g/mol. The summed E-state index contributed by atoms with van der Waals surface area (Å²) in [5.74, 6) is 0.896. The Hall–Kier alpha value is -1.61. The molecule has 2 aromatic heterocycles. The number of benzene rings is 1. The zero-order chi connectivity index (χ0) is 15.0. The quantitative estimate of drug-likeness (QED) is 0.616. The molecule has 0 bridgehead atoms. The summed E-state index contributed by atoms with van der Waals surface area (Å²) in [6.45, 7) is 0. The molecule has 21 heavy (non-hydrogen) atoms. The highest BCUT2D eigenvalue weighted by Crippen LogP contribution is 2.28. The molecule has 3 aromatic rings. The highest BCUT2D eigenvalue weighted by molar-refractivity contribution is 9.10. The number of fused-ring (bicyclic) bond motifs is 1. The van der Waals surface area contributed by atoms with Crippen LogP contribution in [0.1, 0.15) is 11.4 Å². The van der Waals surface area contributed by atoms with E-state index >= 15 is 0 Å². The maximum absolute atomic E-state index is 8.95. The van der Waals surface area contributed by atoms with Gasteiger partial charge in [0.25, 0.3) is 0 Å².